The standard InChI is InChI=1S/C11H18N4/c12-10-3-1-2-8-6-15(7-9(8)10)11-13-4-5-14-11/h4-5,8-10H,1-3,6-7,12H2,(H,13,14). The van der Waals surface area contributed by atoms with E-state index in [9.17, 15) is 0 Å². The van der Waals surface area contributed by atoms with Crippen LogP contribution in [-0.4, -0.2) is 29.1 Å². The van der Waals surface area contributed by atoms with Crippen molar-refractivity contribution in [2.45, 2.75) is 25.3 Å². The van der Waals surface area contributed by atoms with E-state index in [-0.39, 0.29) is 0 Å². The molecule has 1 saturated heterocycles. The summed E-state index contributed by atoms with van der Waals surface area (Å²) >= 11 is 0. The molecule has 1 saturated carbocycles. The Kier molecular flexibility index (Phi) is 2.16. The van der Waals surface area contributed by atoms with Crippen LogP contribution in [0, 0.1) is 11.8 Å². The number of anilines is 1. The fraction of sp³-hybridized carbons (Fsp3) is 0.727. The van der Waals surface area contributed by atoms with Gasteiger partial charge >= 0.3 is 0 Å². The summed E-state index contributed by atoms with van der Waals surface area (Å²) in [4.78, 5) is 9.84. The zero-order valence-corrected chi connectivity index (χ0v) is 8.89. The molecule has 1 aromatic rings. The molecule has 1 aromatic heterocycles. The molecule has 1 aliphatic heterocycles. The first-order chi connectivity index (χ1) is 7.34. The molecule has 0 spiro atoms. The van der Waals surface area contributed by atoms with E-state index in [4.69, 9.17) is 5.73 Å². The number of nitrogens with one attached hydrogen (secondary N) is 1. The second-order valence-corrected chi connectivity index (χ2v) is 4.84. The molecule has 0 radical (unpaired) electrons. The van der Waals surface area contributed by atoms with Crippen LogP contribution in [0.25, 0.3) is 0 Å². The molecule has 2 fully saturated rings. The quantitative estimate of drug-likeness (QED) is 0.720. The molecular formula is C11H18N4. The lowest BCUT2D eigenvalue weighted by atomic mass is 9.78. The van der Waals surface area contributed by atoms with E-state index in [1.54, 1.807) is 0 Å². The van der Waals surface area contributed by atoms with Crippen molar-refractivity contribution in [1.29, 1.82) is 0 Å². The number of hydrogen-bond donors (Lipinski definition) is 2. The molecule has 0 amide bonds. The highest BCUT2D eigenvalue weighted by Crippen LogP contribution is 2.36. The molecule has 3 N–H and O–H groups in total. The average Bonchev–Trinajstić information content (AvgIpc) is 2.86. The molecule has 2 aliphatic rings. The maximum atomic E-state index is 6.18. The van der Waals surface area contributed by atoms with E-state index in [0.717, 1.165) is 25.0 Å². The number of aromatic amines is 1. The number of aromatic nitrogens is 2. The van der Waals surface area contributed by atoms with Gasteiger partial charge in [-0.2, -0.15) is 0 Å². The van der Waals surface area contributed by atoms with Gasteiger partial charge in [0.2, 0.25) is 5.95 Å². The largest absolute Gasteiger partial charge is 0.342 e. The van der Waals surface area contributed by atoms with Crippen molar-refractivity contribution in [3.8, 4) is 0 Å². The highest BCUT2D eigenvalue weighted by molar-refractivity contribution is 5.32. The number of imidazole rings is 1. The second-order valence-electron chi connectivity index (χ2n) is 4.84. The zero-order valence-electron chi connectivity index (χ0n) is 8.89. The first kappa shape index (κ1) is 9.21. The zero-order chi connectivity index (χ0) is 10.3. The van der Waals surface area contributed by atoms with Gasteiger partial charge in [-0.25, -0.2) is 4.98 Å². The highest BCUT2D eigenvalue weighted by Gasteiger charge is 2.39. The molecule has 0 bridgehead atoms. The minimum atomic E-state index is 0.406. The molecule has 3 rings (SSSR count). The van der Waals surface area contributed by atoms with E-state index in [0.29, 0.717) is 12.0 Å². The van der Waals surface area contributed by atoms with Crippen LogP contribution in [0.1, 0.15) is 19.3 Å². The van der Waals surface area contributed by atoms with E-state index in [1.165, 1.54) is 19.3 Å². The topological polar surface area (TPSA) is 57.9 Å². The van der Waals surface area contributed by atoms with Crippen molar-refractivity contribution in [2.24, 2.45) is 17.6 Å². The van der Waals surface area contributed by atoms with Crippen molar-refractivity contribution < 1.29 is 0 Å². The Morgan fingerprint density at radius 1 is 1.40 bits per heavy atom. The summed E-state index contributed by atoms with van der Waals surface area (Å²) in [5.74, 6) is 2.49. The summed E-state index contributed by atoms with van der Waals surface area (Å²) in [6, 6.07) is 0.406. The van der Waals surface area contributed by atoms with E-state index in [1.807, 2.05) is 12.4 Å². The molecule has 82 valence electrons. The normalized spacial score (nSPS) is 35.5. The van der Waals surface area contributed by atoms with Crippen LogP contribution in [0.4, 0.5) is 5.95 Å². The molecular weight excluding hydrogens is 188 g/mol. The van der Waals surface area contributed by atoms with Crippen molar-refractivity contribution in [1.82, 2.24) is 9.97 Å². The van der Waals surface area contributed by atoms with Crippen molar-refractivity contribution in [3.05, 3.63) is 12.4 Å². The van der Waals surface area contributed by atoms with Crippen LogP contribution < -0.4 is 10.6 Å². The Balaban J connectivity index is 1.76. The van der Waals surface area contributed by atoms with Gasteiger partial charge in [-0.05, 0) is 24.7 Å². The van der Waals surface area contributed by atoms with E-state index in [2.05, 4.69) is 14.9 Å². The van der Waals surface area contributed by atoms with Gasteiger partial charge < -0.3 is 15.6 Å². The summed E-state index contributed by atoms with van der Waals surface area (Å²) in [5, 5.41) is 0. The van der Waals surface area contributed by atoms with Crippen LogP contribution in [0.5, 0.6) is 0 Å². The van der Waals surface area contributed by atoms with Crippen LogP contribution in [0.3, 0.4) is 0 Å². The number of nitrogens with two attached hydrogens (primary N) is 1. The van der Waals surface area contributed by atoms with Crippen molar-refractivity contribution in [2.75, 3.05) is 18.0 Å². The number of hydrogen-bond acceptors (Lipinski definition) is 3. The number of H-pyrrole nitrogens is 1. The molecule has 1 aliphatic carbocycles. The fourth-order valence-electron chi connectivity index (χ4n) is 3.12. The van der Waals surface area contributed by atoms with Crippen LogP contribution in [0.2, 0.25) is 0 Å². The average molecular weight is 206 g/mol. The Morgan fingerprint density at radius 3 is 3.07 bits per heavy atom. The SMILES string of the molecule is NC1CCCC2CN(c3ncc[nH]3)CC12. The van der Waals surface area contributed by atoms with Gasteiger partial charge in [-0.15, -0.1) is 0 Å². The Bertz CT molecular complexity index is 321. The number of rotatable bonds is 1. The van der Waals surface area contributed by atoms with Gasteiger partial charge in [0.05, 0.1) is 0 Å². The third kappa shape index (κ3) is 1.53. The molecule has 0 aromatic carbocycles. The smallest absolute Gasteiger partial charge is 0.202 e. The van der Waals surface area contributed by atoms with Gasteiger partial charge in [-0.1, -0.05) is 6.42 Å². The van der Waals surface area contributed by atoms with E-state index >= 15 is 0 Å². The lowest BCUT2D eigenvalue weighted by Gasteiger charge is -2.29. The molecule has 4 heteroatoms. The maximum absolute atomic E-state index is 6.18. The summed E-state index contributed by atoms with van der Waals surface area (Å²) in [5.41, 5.74) is 6.18. The summed E-state index contributed by atoms with van der Waals surface area (Å²) in [6.07, 6.45) is 7.55. The summed E-state index contributed by atoms with van der Waals surface area (Å²) < 4.78 is 0. The highest BCUT2D eigenvalue weighted by atomic mass is 15.3. The minimum Gasteiger partial charge on any atom is -0.342 e. The Labute approximate surface area is 89.9 Å². The van der Waals surface area contributed by atoms with Crippen LogP contribution in [-0.2, 0) is 0 Å². The molecule has 2 heterocycles. The third-order valence-electron chi connectivity index (χ3n) is 3.94. The van der Waals surface area contributed by atoms with Gasteiger partial charge in [0.25, 0.3) is 0 Å². The van der Waals surface area contributed by atoms with Gasteiger partial charge in [0, 0.05) is 31.5 Å². The predicted octanol–water partition coefficient (Wildman–Crippen LogP) is 0.973. The Hall–Kier alpha value is -1.03. The fourth-order valence-corrected chi connectivity index (χ4v) is 3.12. The summed E-state index contributed by atoms with van der Waals surface area (Å²) in [7, 11) is 0. The van der Waals surface area contributed by atoms with Gasteiger partial charge in [0.15, 0.2) is 0 Å². The van der Waals surface area contributed by atoms with Crippen molar-refractivity contribution in [3.63, 3.8) is 0 Å². The van der Waals surface area contributed by atoms with Crippen LogP contribution >= 0.6 is 0 Å². The second kappa shape index (κ2) is 3.52. The monoisotopic (exact) mass is 206 g/mol. The van der Waals surface area contributed by atoms with Crippen LogP contribution in [0.15, 0.2) is 12.4 Å². The van der Waals surface area contributed by atoms with Crippen molar-refractivity contribution >= 4 is 5.95 Å². The molecule has 3 atom stereocenters. The number of fused-ring (bicyclic) bond motifs is 1. The molecule has 15 heavy (non-hydrogen) atoms. The first-order valence-electron chi connectivity index (χ1n) is 5.84. The van der Waals surface area contributed by atoms with Gasteiger partial charge in [0.1, 0.15) is 0 Å². The Morgan fingerprint density at radius 2 is 2.33 bits per heavy atom. The summed E-state index contributed by atoms with van der Waals surface area (Å²) in [6.45, 7) is 2.21. The lowest BCUT2D eigenvalue weighted by Crippen LogP contribution is -2.38. The minimum absolute atomic E-state index is 0.406. The maximum Gasteiger partial charge on any atom is 0.202 e. The number of nitrogens with zero attached hydrogens (tertiary/aromatic N) is 2. The third-order valence-corrected chi connectivity index (χ3v) is 3.94. The predicted molar refractivity (Wildman–Crippen MR) is 59.6 cm³/mol. The molecule has 4 nitrogen and oxygen atoms in total. The first-order valence-corrected chi connectivity index (χ1v) is 5.84. The van der Waals surface area contributed by atoms with Gasteiger partial charge in [-0.3, -0.25) is 0 Å². The lowest BCUT2D eigenvalue weighted by molar-refractivity contribution is 0.260. The van der Waals surface area contributed by atoms with E-state index < -0.39 is 0 Å². The molecule has 3 unspecified atom stereocenters.